The van der Waals surface area contributed by atoms with Gasteiger partial charge in [0.2, 0.25) is 0 Å². The van der Waals surface area contributed by atoms with Crippen LogP contribution in [0.1, 0.15) is 55.8 Å². The summed E-state index contributed by atoms with van der Waals surface area (Å²) in [5.41, 5.74) is 0.767. The fourth-order valence-electron chi connectivity index (χ4n) is 3.06. The van der Waals surface area contributed by atoms with E-state index in [1.807, 2.05) is 30.3 Å². The molecular formula is C18H28N2O. The Hall–Kier alpha value is -1.35. The van der Waals surface area contributed by atoms with E-state index in [-0.39, 0.29) is 5.91 Å². The summed E-state index contributed by atoms with van der Waals surface area (Å²) in [5.74, 6) is 0.905. The fourth-order valence-corrected chi connectivity index (χ4v) is 3.06. The Bertz CT molecular complexity index is 410. The molecule has 1 saturated carbocycles. The van der Waals surface area contributed by atoms with Crippen LogP contribution in [-0.4, -0.2) is 25.0 Å². The molecule has 0 radical (unpaired) electrons. The average molecular weight is 288 g/mol. The molecule has 1 aromatic carbocycles. The highest BCUT2D eigenvalue weighted by Gasteiger charge is 2.22. The van der Waals surface area contributed by atoms with Gasteiger partial charge < -0.3 is 10.6 Å². The number of hydrogen-bond donors (Lipinski definition) is 2. The molecule has 1 fully saturated rings. The van der Waals surface area contributed by atoms with Gasteiger partial charge in [0.15, 0.2) is 0 Å². The summed E-state index contributed by atoms with van der Waals surface area (Å²) >= 11 is 0. The SMILES string of the molecule is CCCNCCC1CCC(NC(=O)c2ccccc2)CC1. The van der Waals surface area contributed by atoms with Gasteiger partial charge >= 0.3 is 0 Å². The van der Waals surface area contributed by atoms with Crippen LogP contribution < -0.4 is 10.6 Å². The van der Waals surface area contributed by atoms with E-state index in [1.54, 1.807) is 0 Å². The van der Waals surface area contributed by atoms with Crippen molar-refractivity contribution >= 4 is 5.91 Å². The van der Waals surface area contributed by atoms with Crippen molar-refractivity contribution < 1.29 is 4.79 Å². The van der Waals surface area contributed by atoms with Crippen LogP contribution >= 0.6 is 0 Å². The van der Waals surface area contributed by atoms with Crippen LogP contribution in [0.2, 0.25) is 0 Å². The highest BCUT2D eigenvalue weighted by atomic mass is 16.1. The van der Waals surface area contributed by atoms with Gasteiger partial charge in [-0.1, -0.05) is 25.1 Å². The molecule has 0 bridgehead atoms. The molecule has 2 N–H and O–H groups in total. The summed E-state index contributed by atoms with van der Waals surface area (Å²) in [5, 5.41) is 6.66. The Morgan fingerprint density at radius 3 is 2.48 bits per heavy atom. The lowest BCUT2D eigenvalue weighted by molar-refractivity contribution is 0.0921. The molecular weight excluding hydrogens is 260 g/mol. The maximum Gasteiger partial charge on any atom is 0.251 e. The lowest BCUT2D eigenvalue weighted by atomic mass is 9.84. The Balaban J connectivity index is 1.66. The first-order chi connectivity index (χ1) is 10.3. The van der Waals surface area contributed by atoms with Crippen molar-refractivity contribution in [3.05, 3.63) is 35.9 Å². The molecule has 0 aromatic heterocycles. The summed E-state index contributed by atoms with van der Waals surface area (Å²) in [6.07, 6.45) is 7.22. The van der Waals surface area contributed by atoms with Crippen LogP contribution in [0.25, 0.3) is 0 Å². The van der Waals surface area contributed by atoms with Crippen molar-refractivity contribution in [3.63, 3.8) is 0 Å². The van der Waals surface area contributed by atoms with Crippen LogP contribution in [0.5, 0.6) is 0 Å². The second kappa shape index (κ2) is 8.83. The van der Waals surface area contributed by atoms with Gasteiger partial charge in [-0.15, -0.1) is 0 Å². The van der Waals surface area contributed by atoms with Gasteiger partial charge in [-0.05, 0) is 69.7 Å². The smallest absolute Gasteiger partial charge is 0.251 e. The van der Waals surface area contributed by atoms with Crippen molar-refractivity contribution in [2.75, 3.05) is 13.1 Å². The topological polar surface area (TPSA) is 41.1 Å². The first-order valence-corrected chi connectivity index (χ1v) is 8.36. The molecule has 0 saturated heterocycles. The molecule has 1 aromatic rings. The summed E-state index contributed by atoms with van der Waals surface area (Å²) in [6, 6.07) is 9.87. The van der Waals surface area contributed by atoms with Crippen LogP contribution in [0, 0.1) is 5.92 Å². The molecule has 3 heteroatoms. The first kappa shape index (κ1) is 16.0. The zero-order valence-corrected chi connectivity index (χ0v) is 13.1. The first-order valence-electron chi connectivity index (χ1n) is 8.36. The Labute approximate surface area is 128 Å². The highest BCUT2D eigenvalue weighted by molar-refractivity contribution is 5.94. The number of amides is 1. The molecule has 3 nitrogen and oxygen atoms in total. The minimum Gasteiger partial charge on any atom is -0.349 e. The molecule has 21 heavy (non-hydrogen) atoms. The van der Waals surface area contributed by atoms with E-state index in [0.717, 1.165) is 37.4 Å². The molecule has 0 unspecified atom stereocenters. The monoisotopic (exact) mass is 288 g/mol. The summed E-state index contributed by atoms with van der Waals surface area (Å²) in [6.45, 7) is 4.47. The standard InChI is InChI=1S/C18H28N2O/c1-2-13-19-14-12-15-8-10-17(11-9-15)20-18(21)16-6-4-3-5-7-16/h3-7,15,17,19H,2,8-14H2,1H3,(H,20,21). The van der Waals surface area contributed by atoms with Gasteiger partial charge in [-0.2, -0.15) is 0 Å². The Morgan fingerprint density at radius 1 is 1.10 bits per heavy atom. The zero-order chi connectivity index (χ0) is 14.9. The Kier molecular flexibility index (Phi) is 6.74. The zero-order valence-electron chi connectivity index (χ0n) is 13.1. The largest absolute Gasteiger partial charge is 0.349 e. The lowest BCUT2D eigenvalue weighted by Gasteiger charge is -2.29. The molecule has 0 atom stereocenters. The average Bonchev–Trinajstić information content (AvgIpc) is 2.54. The van der Waals surface area contributed by atoms with Crippen LogP contribution in [-0.2, 0) is 0 Å². The number of nitrogens with one attached hydrogen (secondary N) is 2. The van der Waals surface area contributed by atoms with E-state index in [9.17, 15) is 4.79 Å². The van der Waals surface area contributed by atoms with E-state index in [2.05, 4.69) is 17.6 Å². The quantitative estimate of drug-likeness (QED) is 0.755. The van der Waals surface area contributed by atoms with E-state index < -0.39 is 0 Å². The number of hydrogen-bond acceptors (Lipinski definition) is 2. The third-order valence-corrected chi connectivity index (χ3v) is 4.37. The highest BCUT2D eigenvalue weighted by Crippen LogP contribution is 2.26. The minimum absolute atomic E-state index is 0.0728. The van der Waals surface area contributed by atoms with Gasteiger partial charge in [0.1, 0.15) is 0 Å². The third kappa shape index (κ3) is 5.50. The van der Waals surface area contributed by atoms with Crippen molar-refractivity contribution in [1.82, 2.24) is 10.6 Å². The number of benzene rings is 1. The molecule has 0 heterocycles. The summed E-state index contributed by atoms with van der Waals surface area (Å²) < 4.78 is 0. The molecule has 1 aliphatic rings. The molecule has 1 amide bonds. The van der Waals surface area contributed by atoms with Crippen LogP contribution in [0.4, 0.5) is 0 Å². The molecule has 2 rings (SSSR count). The van der Waals surface area contributed by atoms with E-state index in [4.69, 9.17) is 0 Å². The molecule has 0 spiro atoms. The predicted molar refractivity (Wildman–Crippen MR) is 87.4 cm³/mol. The third-order valence-electron chi connectivity index (χ3n) is 4.37. The maximum atomic E-state index is 12.1. The van der Waals surface area contributed by atoms with Gasteiger partial charge in [-0.3, -0.25) is 4.79 Å². The Morgan fingerprint density at radius 2 is 1.81 bits per heavy atom. The number of carbonyl (C=O) groups is 1. The second-order valence-electron chi connectivity index (χ2n) is 6.10. The van der Waals surface area contributed by atoms with E-state index in [0.29, 0.717) is 6.04 Å². The fraction of sp³-hybridized carbons (Fsp3) is 0.611. The van der Waals surface area contributed by atoms with E-state index >= 15 is 0 Å². The molecule has 116 valence electrons. The maximum absolute atomic E-state index is 12.1. The summed E-state index contributed by atoms with van der Waals surface area (Å²) in [4.78, 5) is 12.1. The van der Waals surface area contributed by atoms with Gasteiger partial charge in [0.05, 0.1) is 0 Å². The van der Waals surface area contributed by atoms with Gasteiger partial charge in [0, 0.05) is 11.6 Å². The number of carbonyl (C=O) groups excluding carboxylic acids is 1. The van der Waals surface area contributed by atoms with Crippen LogP contribution in [0.15, 0.2) is 30.3 Å². The molecule has 0 aliphatic heterocycles. The van der Waals surface area contributed by atoms with Crippen molar-refractivity contribution in [2.24, 2.45) is 5.92 Å². The van der Waals surface area contributed by atoms with Crippen LogP contribution in [0.3, 0.4) is 0 Å². The van der Waals surface area contributed by atoms with Crippen molar-refractivity contribution in [2.45, 2.75) is 51.5 Å². The molecule has 1 aliphatic carbocycles. The van der Waals surface area contributed by atoms with Crippen molar-refractivity contribution in [1.29, 1.82) is 0 Å². The lowest BCUT2D eigenvalue weighted by Crippen LogP contribution is -2.38. The number of rotatable bonds is 7. The van der Waals surface area contributed by atoms with Gasteiger partial charge in [-0.25, -0.2) is 0 Å². The second-order valence-corrected chi connectivity index (χ2v) is 6.10. The van der Waals surface area contributed by atoms with Crippen molar-refractivity contribution in [3.8, 4) is 0 Å². The summed E-state index contributed by atoms with van der Waals surface area (Å²) in [7, 11) is 0. The van der Waals surface area contributed by atoms with E-state index in [1.165, 1.54) is 25.7 Å². The minimum atomic E-state index is 0.0728. The predicted octanol–water partition coefficient (Wildman–Crippen LogP) is 3.36. The van der Waals surface area contributed by atoms with Gasteiger partial charge in [0.25, 0.3) is 5.91 Å². The normalized spacial score (nSPS) is 22.0.